The third-order valence-corrected chi connectivity index (χ3v) is 3.04. The maximum atomic E-state index is 12.1. The van der Waals surface area contributed by atoms with Gasteiger partial charge in [0.2, 0.25) is 0 Å². The summed E-state index contributed by atoms with van der Waals surface area (Å²) in [6, 6.07) is 0. The number of aryl methyl sites for hydroxylation is 1. The maximum absolute atomic E-state index is 12.1. The Morgan fingerprint density at radius 2 is 1.95 bits per heavy atom. The van der Waals surface area contributed by atoms with Gasteiger partial charge in [0.05, 0.1) is 5.69 Å². The molecule has 0 aromatic carbocycles. The average Bonchev–Trinajstić information content (AvgIpc) is 2.58. The minimum atomic E-state index is -0.637. The Bertz CT molecular complexity index is 559. The van der Waals surface area contributed by atoms with Gasteiger partial charge in [0, 0.05) is 12.1 Å². The van der Waals surface area contributed by atoms with Gasteiger partial charge in [-0.05, 0) is 33.6 Å². The molecule has 0 saturated carbocycles. The highest BCUT2D eigenvalue weighted by atomic mass is 35.5. The zero-order chi connectivity index (χ0) is 17.1. The first-order valence-corrected chi connectivity index (χ1v) is 7.60. The number of rotatable bonds is 5. The van der Waals surface area contributed by atoms with Crippen LogP contribution in [-0.4, -0.2) is 33.8 Å². The summed E-state index contributed by atoms with van der Waals surface area (Å²) in [5.41, 5.74) is 0.330. The normalized spacial score (nSPS) is 11.6. The smallest absolute Gasteiger partial charge is 0.343 e. The molecule has 1 amide bonds. The number of nitrogens with one attached hydrogen (secondary N) is 1. The van der Waals surface area contributed by atoms with Crippen molar-refractivity contribution in [2.24, 2.45) is 5.92 Å². The van der Waals surface area contributed by atoms with Crippen molar-refractivity contribution in [3.05, 3.63) is 16.4 Å². The number of aromatic nitrogens is 2. The van der Waals surface area contributed by atoms with E-state index in [1.54, 1.807) is 11.6 Å². The Morgan fingerprint density at radius 3 is 2.45 bits per heavy atom. The SMILES string of the molecule is Cc1nn(CC(C)C)c(Cl)c1C(=O)OCC(=O)NC(C)(C)C. The third-order valence-electron chi connectivity index (χ3n) is 2.66. The van der Waals surface area contributed by atoms with Crippen LogP contribution >= 0.6 is 11.6 Å². The van der Waals surface area contributed by atoms with Crippen LogP contribution in [0.5, 0.6) is 0 Å². The first kappa shape index (κ1) is 18.5. The summed E-state index contributed by atoms with van der Waals surface area (Å²) in [6.45, 7) is 11.6. The summed E-state index contributed by atoms with van der Waals surface area (Å²) < 4.78 is 6.60. The fourth-order valence-corrected chi connectivity index (χ4v) is 2.23. The fraction of sp³-hybridized carbons (Fsp3) is 0.667. The lowest BCUT2D eigenvalue weighted by Gasteiger charge is -2.20. The van der Waals surface area contributed by atoms with Crippen LogP contribution in [0.25, 0.3) is 0 Å². The molecule has 0 fully saturated rings. The minimum absolute atomic E-state index is 0.214. The van der Waals surface area contributed by atoms with Crippen molar-refractivity contribution in [3.63, 3.8) is 0 Å². The molecule has 1 heterocycles. The van der Waals surface area contributed by atoms with E-state index < -0.39 is 5.97 Å². The Morgan fingerprint density at radius 1 is 1.36 bits per heavy atom. The maximum Gasteiger partial charge on any atom is 0.343 e. The topological polar surface area (TPSA) is 73.2 Å². The number of halogens is 1. The van der Waals surface area contributed by atoms with Crippen molar-refractivity contribution in [2.45, 2.75) is 53.6 Å². The Kier molecular flexibility index (Phi) is 6.00. The van der Waals surface area contributed by atoms with E-state index >= 15 is 0 Å². The van der Waals surface area contributed by atoms with Gasteiger partial charge in [-0.3, -0.25) is 9.48 Å². The molecule has 1 aromatic rings. The molecule has 1 rings (SSSR count). The highest BCUT2D eigenvalue weighted by molar-refractivity contribution is 6.32. The van der Waals surface area contributed by atoms with E-state index in [4.69, 9.17) is 16.3 Å². The van der Waals surface area contributed by atoms with Crippen molar-refractivity contribution >= 4 is 23.5 Å². The fourth-order valence-electron chi connectivity index (χ4n) is 1.91. The first-order valence-electron chi connectivity index (χ1n) is 7.22. The molecule has 0 spiro atoms. The van der Waals surface area contributed by atoms with Crippen molar-refractivity contribution in [1.29, 1.82) is 0 Å². The van der Waals surface area contributed by atoms with Gasteiger partial charge in [-0.15, -0.1) is 0 Å². The van der Waals surface area contributed by atoms with Crippen LogP contribution in [0.15, 0.2) is 0 Å². The Balaban J connectivity index is 2.74. The molecule has 124 valence electrons. The number of hydrogen-bond donors (Lipinski definition) is 1. The number of ether oxygens (including phenoxy) is 1. The molecule has 0 aliphatic carbocycles. The predicted octanol–water partition coefficient (Wildman–Crippen LogP) is 2.57. The lowest BCUT2D eigenvalue weighted by Crippen LogP contribution is -2.42. The molecule has 0 atom stereocenters. The predicted molar refractivity (Wildman–Crippen MR) is 85.0 cm³/mol. The van der Waals surface area contributed by atoms with Crippen molar-refractivity contribution in [1.82, 2.24) is 15.1 Å². The molecular weight excluding hydrogens is 306 g/mol. The molecule has 0 bridgehead atoms. The first-order chi connectivity index (χ1) is 10.0. The summed E-state index contributed by atoms with van der Waals surface area (Å²) in [5.74, 6) is -0.649. The molecule has 0 radical (unpaired) electrons. The molecule has 1 N–H and O–H groups in total. The summed E-state index contributed by atoms with van der Waals surface area (Å²) in [4.78, 5) is 23.8. The number of nitrogens with zero attached hydrogens (tertiary/aromatic N) is 2. The van der Waals surface area contributed by atoms with Crippen LogP contribution in [0.4, 0.5) is 0 Å². The number of carbonyl (C=O) groups is 2. The van der Waals surface area contributed by atoms with Crippen molar-refractivity contribution in [3.8, 4) is 0 Å². The number of hydrogen-bond acceptors (Lipinski definition) is 4. The summed E-state index contributed by atoms with van der Waals surface area (Å²) in [7, 11) is 0. The van der Waals surface area contributed by atoms with E-state index in [1.807, 2.05) is 34.6 Å². The second-order valence-electron chi connectivity index (χ2n) is 6.70. The van der Waals surface area contributed by atoms with Crippen LogP contribution < -0.4 is 5.32 Å². The van der Waals surface area contributed by atoms with Gasteiger partial charge in [-0.25, -0.2) is 4.79 Å². The molecule has 0 aliphatic rings. The molecule has 0 unspecified atom stereocenters. The van der Waals surface area contributed by atoms with Gasteiger partial charge in [-0.2, -0.15) is 5.10 Å². The van der Waals surface area contributed by atoms with E-state index in [-0.39, 0.29) is 28.8 Å². The molecule has 0 saturated heterocycles. The number of esters is 1. The van der Waals surface area contributed by atoms with E-state index in [2.05, 4.69) is 10.4 Å². The average molecular weight is 330 g/mol. The van der Waals surface area contributed by atoms with E-state index in [0.29, 0.717) is 18.2 Å². The molecular formula is C15H24ClN3O3. The zero-order valence-corrected chi connectivity index (χ0v) is 14.7. The lowest BCUT2D eigenvalue weighted by molar-refractivity contribution is -0.125. The van der Waals surface area contributed by atoms with Crippen molar-refractivity contribution in [2.75, 3.05) is 6.61 Å². The van der Waals surface area contributed by atoms with Gasteiger partial charge in [-0.1, -0.05) is 25.4 Å². The molecule has 0 aliphatic heterocycles. The molecule has 7 heteroatoms. The molecule has 22 heavy (non-hydrogen) atoms. The van der Waals surface area contributed by atoms with Gasteiger partial charge in [0.15, 0.2) is 6.61 Å². The quantitative estimate of drug-likeness (QED) is 0.843. The largest absolute Gasteiger partial charge is 0.452 e. The minimum Gasteiger partial charge on any atom is -0.452 e. The van der Waals surface area contributed by atoms with Gasteiger partial charge in [0.25, 0.3) is 5.91 Å². The summed E-state index contributed by atoms with van der Waals surface area (Å²) in [5, 5.41) is 7.20. The molecule has 6 nitrogen and oxygen atoms in total. The second-order valence-corrected chi connectivity index (χ2v) is 7.06. The van der Waals surface area contributed by atoms with Crippen LogP contribution in [0, 0.1) is 12.8 Å². The summed E-state index contributed by atoms with van der Waals surface area (Å²) >= 11 is 6.19. The van der Waals surface area contributed by atoms with Crippen LogP contribution in [0.2, 0.25) is 5.15 Å². The van der Waals surface area contributed by atoms with Gasteiger partial charge >= 0.3 is 5.97 Å². The van der Waals surface area contributed by atoms with Gasteiger partial charge in [0.1, 0.15) is 10.7 Å². The lowest BCUT2D eigenvalue weighted by atomic mass is 10.1. The molecule has 1 aromatic heterocycles. The van der Waals surface area contributed by atoms with Crippen molar-refractivity contribution < 1.29 is 14.3 Å². The van der Waals surface area contributed by atoms with Crippen LogP contribution in [0.1, 0.15) is 50.7 Å². The number of carbonyl (C=O) groups excluding carboxylic acids is 2. The van der Waals surface area contributed by atoms with E-state index in [1.165, 1.54) is 0 Å². The van der Waals surface area contributed by atoms with E-state index in [0.717, 1.165) is 0 Å². The summed E-state index contributed by atoms with van der Waals surface area (Å²) in [6.07, 6.45) is 0. The Hall–Kier alpha value is -1.56. The standard InChI is InChI=1S/C15H24ClN3O3/c1-9(2)7-19-13(16)12(10(3)18-19)14(21)22-8-11(20)17-15(4,5)6/h9H,7-8H2,1-6H3,(H,17,20). The van der Waals surface area contributed by atoms with Gasteiger partial charge < -0.3 is 10.1 Å². The number of amides is 1. The Labute approximate surface area is 136 Å². The highest BCUT2D eigenvalue weighted by Gasteiger charge is 2.23. The van der Waals surface area contributed by atoms with E-state index in [9.17, 15) is 9.59 Å². The monoisotopic (exact) mass is 329 g/mol. The zero-order valence-electron chi connectivity index (χ0n) is 14.0. The van der Waals surface area contributed by atoms with Crippen LogP contribution in [0.3, 0.4) is 0 Å². The second kappa shape index (κ2) is 7.13. The van der Waals surface area contributed by atoms with Crippen LogP contribution in [-0.2, 0) is 16.1 Å². The highest BCUT2D eigenvalue weighted by Crippen LogP contribution is 2.21. The third kappa shape index (κ3) is 5.33.